The smallest absolute Gasteiger partial charge is 0.310 e. The number of carbonyl (C=O) groups is 1. The highest BCUT2D eigenvalue weighted by Gasteiger charge is 2.14. The fraction of sp³-hybridized carbons (Fsp3) is 0.429. The molecule has 0 heterocycles. The molecule has 0 amide bonds. The van der Waals surface area contributed by atoms with Gasteiger partial charge in [-0.1, -0.05) is 19.1 Å². The van der Waals surface area contributed by atoms with Crippen molar-refractivity contribution < 1.29 is 9.53 Å². The van der Waals surface area contributed by atoms with Crippen LogP contribution in [0.2, 0.25) is 0 Å². The molecule has 0 saturated heterocycles. The van der Waals surface area contributed by atoms with Crippen LogP contribution in [0, 0.1) is 18.3 Å². The molecule has 0 bridgehead atoms. The molecule has 3 heteroatoms. The highest BCUT2D eigenvalue weighted by atomic mass is 16.5. The fourth-order valence-electron chi connectivity index (χ4n) is 1.85. The van der Waals surface area contributed by atoms with Gasteiger partial charge in [-0.25, -0.2) is 0 Å². The number of aryl methyl sites for hydroxylation is 2. The van der Waals surface area contributed by atoms with Gasteiger partial charge in [0.05, 0.1) is 24.7 Å². The Bertz CT molecular complexity index is 458. The third kappa shape index (κ3) is 3.07. The van der Waals surface area contributed by atoms with E-state index >= 15 is 0 Å². The molecule has 0 fully saturated rings. The van der Waals surface area contributed by atoms with Gasteiger partial charge in [0, 0.05) is 0 Å². The minimum absolute atomic E-state index is 0.182. The van der Waals surface area contributed by atoms with E-state index in [1.54, 1.807) is 6.92 Å². The molecule has 0 aliphatic heterocycles. The zero-order chi connectivity index (χ0) is 12.8. The quantitative estimate of drug-likeness (QED) is 0.748. The minimum atomic E-state index is -0.274. The van der Waals surface area contributed by atoms with Gasteiger partial charge in [-0.05, 0) is 37.0 Å². The fourth-order valence-corrected chi connectivity index (χ4v) is 1.85. The average molecular weight is 231 g/mol. The summed E-state index contributed by atoms with van der Waals surface area (Å²) >= 11 is 0. The van der Waals surface area contributed by atoms with E-state index < -0.39 is 0 Å². The molecule has 0 aliphatic carbocycles. The summed E-state index contributed by atoms with van der Waals surface area (Å²) < 4.78 is 4.94. The lowest BCUT2D eigenvalue weighted by atomic mass is 9.94. The van der Waals surface area contributed by atoms with Crippen LogP contribution in [0.3, 0.4) is 0 Å². The van der Waals surface area contributed by atoms with Crippen molar-refractivity contribution in [2.24, 2.45) is 0 Å². The van der Waals surface area contributed by atoms with Gasteiger partial charge in [-0.15, -0.1) is 0 Å². The molecule has 17 heavy (non-hydrogen) atoms. The topological polar surface area (TPSA) is 50.1 Å². The van der Waals surface area contributed by atoms with Crippen LogP contribution in [-0.2, 0) is 22.4 Å². The molecule has 1 rings (SSSR count). The second-order valence-electron chi connectivity index (χ2n) is 3.84. The largest absolute Gasteiger partial charge is 0.466 e. The number of hydrogen-bond acceptors (Lipinski definition) is 3. The Morgan fingerprint density at radius 2 is 2.12 bits per heavy atom. The third-order valence-electron chi connectivity index (χ3n) is 2.74. The van der Waals surface area contributed by atoms with Crippen molar-refractivity contribution >= 4 is 5.97 Å². The summed E-state index contributed by atoms with van der Waals surface area (Å²) in [5, 5.41) is 9.16. The van der Waals surface area contributed by atoms with E-state index in [4.69, 9.17) is 10.00 Å². The summed E-state index contributed by atoms with van der Waals surface area (Å²) in [7, 11) is 0. The zero-order valence-electron chi connectivity index (χ0n) is 10.5. The molecule has 0 atom stereocenters. The Labute approximate surface area is 102 Å². The molecular weight excluding hydrogens is 214 g/mol. The molecule has 3 nitrogen and oxygen atoms in total. The first-order chi connectivity index (χ1) is 8.13. The van der Waals surface area contributed by atoms with Crippen LogP contribution in [0.25, 0.3) is 0 Å². The monoisotopic (exact) mass is 231 g/mol. The standard InChI is InChI=1S/C14H17NO2/c1-4-11-7-6-10(3)13(9-15)12(11)8-14(16)17-5-2/h6-7H,4-5,8H2,1-3H3. The van der Waals surface area contributed by atoms with Crippen LogP contribution in [0.1, 0.15) is 36.1 Å². The van der Waals surface area contributed by atoms with Gasteiger partial charge in [0.25, 0.3) is 0 Å². The highest BCUT2D eigenvalue weighted by Crippen LogP contribution is 2.20. The lowest BCUT2D eigenvalue weighted by molar-refractivity contribution is -0.142. The molecule has 90 valence electrons. The summed E-state index contributed by atoms with van der Waals surface area (Å²) in [4.78, 5) is 11.5. The maximum atomic E-state index is 11.5. The molecule has 1 aromatic rings. The summed E-state index contributed by atoms with van der Waals surface area (Å²) in [6.07, 6.45) is 0.991. The van der Waals surface area contributed by atoms with E-state index in [0.29, 0.717) is 12.2 Å². The third-order valence-corrected chi connectivity index (χ3v) is 2.74. The first kappa shape index (κ1) is 13.2. The second-order valence-corrected chi connectivity index (χ2v) is 3.84. The van der Waals surface area contributed by atoms with Gasteiger partial charge < -0.3 is 4.74 Å². The van der Waals surface area contributed by atoms with Crippen LogP contribution in [0.15, 0.2) is 12.1 Å². The van der Waals surface area contributed by atoms with E-state index in [-0.39, 0.29) is 12.4 Å². The lowest BCUT2D eigenvalue weighted by Crippen LogP contribution is -2.11. The molecule has 0 spiro atoms. The number of nitriles is 1. The average Bonchev–Trinajstić information content (AvgIpc) is 2.30. The number of benzene rings is 1. The van der Waals surface area contributed by atoms with Crippen molar-refractivity contribution in [3.8, 4) is 6.07 Å². The number of esters is 1. The molecule has 0 N–H and O–H groups in total. The number of nitrogens with zero attached hydrogens (tertiary/aromatic N) is 1. The van der Waals surface area contributed by atoms with Crippen LogP contribution < -0.4 is 0 Å². The number of rotatable bonds is 4. The van der Waals surface area contributed by atoms with Gasteiger partial charge in [-0.2, -0.15) is 5.26 Å². The van der Waals surface area contributed by atoms with E-state index in [1.165, 1.54) is 0 Å². The Balaban J connectivity index is 3.15. The van der Waals surface area contributed by atoms with Crippen molar-refractivity contribution in [1.82, 2.24) is 0 Å². The number of carbonyl (C=O) groups excluding carboxylic acids is 1. The van der Waals surface area contributed by atoms with Crippen molar-refractivity contribution in [2.45, 2.75) is 33.6 Å². The maximum Gasteiger partial charge on any atom is 0.310 e. The first-order valence-electron chi connectivity index (χ1n) is 5.81. The predicted molar refractivity (Wildman–Crippen MR) is 65.6 cm³/mol. The summed E-state index contributed by atoms with van der Waals surface area (Å²) in [6.45, 7) is 6.04. The van der Waals surface area contributed by atoms with Crippen molar-refractivity contribution in [3.63, 3.8) is 0 Å². The van der Waals surface area contributed by atoms with Gasteiger partial charge in [-0.3, -0.25) is 4.79 Å². The SMILES string of the molecule is CCOC(=O)Cc1c(CC)ccc(C)c1C#N. The van der Waals surface area contributed by atoms with Gasteiger partial charge >= 0.3 is 5.97 Å². The van der Waals surface area contributed by atoms with E-state index in [1.807, 2.05) is 26.0 Å². The summed E-state index contributed by atoms with van der Waals surface area (Å²) in [5.74, 6) is -0.274. The van der Waals surface area contributed by atoms with Crippen molar-refractivity contribution in [2.75, 3.05) is 6.61 Å². The van der Waals surface area contributed by atoms with E-state index in [9.17, 15) is 4.79 Å². The summed E-state index contributed by atoms with van der Waals surface area (Å²) in [6, 6.07) is 6.08. The molecule has 0 unspecified atom stereocenters. The van der Waals surface area contributed by atoms with Gasteiger partial charge in [0.2, 0.25) is 0 Å². The maximum absolute atomic E-state index is 11.5. The van der Waals surface area contributed by atoms with Crippen LogP contribution in [-0.4, -0.2) is 12.6 Å². The highest BCUT2D eigenvalue weighted by molar-refractivity contribution is 5.74. The van der Waals surface area contributed by atoms with Crippen LogP contribution >= 0.6 is 0 Å². The molecule has 0 saturated carbocycles. The molecule has 0 radical (unpaired) electrons. The van der Waals surface area contributed by atoms with Crippen LogP contribution in [0.5, 0.6) is 0 Å². The lowest BCUT2D eigenvalue weighted by Gasteiger charge is -2.11. The van der Waals surface area contributed by atoms with Gasteiger partial charge in [0.1, 0.15) is 0 Å². The molecular formula is C14H17NO2. The summed E-state index contributed by atoms with van der Waals surface area (Å²) in [5.41, 5.74) is 3.37. The van der Waals surface area contributed by atoms with E-state index in [2.05, 4.69) is 6.07 Å². The zero-order valence-corrected chi connectivity index (χ0v) is 10.5. The minimum Gasteiger partial charge on any atom is -0.466 e. The predicted octanol–water partition coefficient (Wildman–Crippen LogP) is 2.53. The van der Waals surface area contributed by atoms with Crippen molar-refractivity contribution in [3.05, 3.63) is 34.4 Å². The van der Waals surface area contributed by atoms with E-state index in [0.717, 1.165) is 23.1 Å². The van der Waals surface area contributed by atoms with Crippen molar-refractivity contribution in [1.29, 1.82) is 5.26 Å². The molecule has 1 aromatic carbocycles. The number of ether oxygens (including phenoxy) is 1. The first-order valence-corrected chi connectivity index (χ1v) is 5.81. The molecule has 0 aromatic heterocycles. The van der Waals surface area contributed by atoms with Crippen LogP contribution in [0.4, 0.5) is 0 Å². The second kappa shape index (κ2) is 6.05. The Morgan fingerprint density at radius 3 is 2.65 bits per heavy atom. The Kier molecular flexibility index (Phi) is 4.71. The number of hydrogen-bond donors (Lipinski definition) is 0. The Hall–Kier alpha value is -1.82. The Morgan fingerprint density at radius 1 is 1.41 bits per heavy atom. The molecule has 0 aliphatic rings. The normalized spacial score (nSPS) is 9.76. The van der Waals surface area contributed by atoms with Gasteiger partial charge in [0.15, 0.2) is 0 Å².